The lowest BCUT2D eigenvalue weighted by Gasteiger charge is -2.30. The summed E-state index contributed by atoms with van der Waals surface area (Å²) in [7, 11) is -3.62. The van der Waals surface area contributed by atoms with Crippen LogP contribution in [0.15, 0.2) is 4.90 Å². The van der Waals surface area contributed by atoms with E-state index in [2.05, 4.69) is 5.10 Å². The normalized spacial score (nSPS) is 20.6. The van der Waals surface area contributed by atoms with E-state index in [1.54, 1.807) is 0 Å². The number of nitrogens with zero attached hydrogens (tertiary/aromatic N) is 2. The molecule has 0 saturated carbocycles. The molecule has 2 rings (SSSR count). The molecule has 9 heteroatoms. The first-order valence-electron chi connectivity index (χ1n) is 5.22. The molecule has 18 heavy (non-hydrogen) atoms. The number of hydrogen-bond donors (Lipinski definition) is 3. The highest BCUT2D eigenvalue weighted by atomic mass is 32.2. The van der Waals surface area contributed by atoms with Crippen molar-refractivity contribution >= 4 is 15.8 Å². The third kappa shape index (κ3) is 2.06. The molecule has 1 atom stereocenters. The topological polar surface area (TPSA) is 137 Å². The lowest BCUT2D eigenvalue weighted by Crippen LogP contribution is -2.33. The summed E-state index contributed by atoms with van der Waals surface area (Å²) in [6.07, 6.45) is 0. The van der Waals surface area contributed by atoms with Gasteiger partial charge in [-0.2, -0.15) is 5.10 Å². The summed E-state index contributed by atoms with van der Waals surface area (Å²) >= 11 is 0. The van der Waals surface area contributed by atoms with Crippen molar-refractivity contribution in [2.24, 2.45) is 16.3 Å². The van der Waals surface area contributed by atoms with Crippen LogP contribution in [0.3, 0.4) is 0 Å². The molecule has 1 aromatic heterocycles. The minimum Gasteiger partial charge on any atom is -0.476 e. The van der Waals surface area contributed by atoms with Crippen molar-refractivity contribution in [1.29, 1.82) is 4.78 Å². The Morgan fingerprint density at radius 1 is 1.61 bits per heavy atom. The van der Waals surface area contributed by atoms with Gasteiger partial charge in [-0.25, -0.2) is 18.8 Å². The molecular formula is C9H15N5O3S. The third-order valence-corrected chi connectivity index (χ3v) is 3.55. The number of nitrogens with two attached hydrogens (primary N) is 2. The Balaban J connectivity index is 2.67. The number of ether oxygens (including phenoxy) is 1. The Hall–Kier alpha value is -1.61. The van der Waals surface area contributed by atoms with Crippen molar-refractivity contribution in [2.45, 2.75) is 25.3 Å². The molecule has 8 nitrogen and oxygen atoms in total. The molecule has 1 aliphatic heterocycles. The zero-order chi connectivity index (χ0) is 13.7. The maximum atomic E-state index is 11.7. The predicted octanol–water partition coefficient (Wildman–Crippen LogP) is -0.320. The Labute approximate surface area is 104 Å². The molecule has 2 heterocycles. The van der Waals surface area contributed by atoms with E-state index in [-0.39, 0.29) is 21.9 Å². The average Bonchev–Trinajstić information content (AvgIpc) is 2.53. The van der Waals surface area contributed by atoms with Crippen molar-refractivity contribution in [1.82, 2.24) is 9.78 Å². The van der Waals surface area contributed by atoms with Gasteiger partial charge < -0.3 is 10.5 Å². The molecule has 0 aliphatic carbocycles. The first-order valence-corrected chi connectivity index (χ1v) is 6.84. The standard InChI is InChI=1S/C9H15N5O3S/c1-9(2)3-14-8(17-4-9)6(18(11,12)16)5(13-14)7(10)15/h3-4H2,1-2H3,(H2,10,15)(H3,11,12,16). The second-order valence-electron chi connectivity index (χ2n) is 5.06. The fourth-order valence-electron chi connectivity index (χ4n) is 1.83. The van der Waals surface area contributed by atoms with E-state index >= 15 is 0 Å². The lowest BCUT2D eigenvalue weighted by atomic mass is 9.94. The summed E-state index contributed by atoms with van der Waals surface area (Å²) in [5.41, 5.74) is 4.72. The van der Waals surface area contributed by atoms with E-state index in [4.69, 9.17) is 20.4 Å². The fraction of sp³-hybridized carbons (Fsp3) is 0.556. The van der Waals surface area contributed by atoms with Crippen LogP contribution in [-0.4, -0.2) is 26.5 Å². The maximum absolute atomic E-state index is 11.7. The Bertz CT molecular complexity index is 616. The number of rotatable bonds is 2. The van der Waals surface area contributed by atoms with Crippen LogP contribution in [0, 0.1) is 10.2 Å². The van der Waals surface area contributed by atoms with Gasteiger partial charge in [-0.15, -0.1) is 0 Å². The molecule has 1 unspecified atom stereocenters. The quantitative estimate of drug-likeness (QED) is 0.679. The van der Waals surface area contributed by atoms with Crippen LogP contribution < -0.4 is 15.6 Å². The van der Waals surface area contributed by atoms with E-state index < -0.39 is 15.8 Å². The van der Waals surface area contributed by atoms with E-state index in [0.29, 0.717) is 13.2 Å². The van der Waals surface area contributed by atoms with Gasteiger partial charge in [-0.1, -0.05) is 13.8 Å². The summed E-state index contributed by atoms with van der Waals surface area (Å²) < 4.78 is 26.0. The number of aromatic nitrogens is 2. The lowest BCUT2D eigenvalue weighted by molar-refractivity contribution is 0.0963. The SMILES string of the molecule is CC1(C)COc2c(S(=N)(N)=O)c(C(N)=O)nn2C1. The van der Waals surface area contributed by atoms with E-state index in [9.17, 15) is 9.00 Å². The van der Waals surface area contributed by atoms with Crippen molar-refractivity contribution < 1.29 is 13.7 Å². The molecular weight excluding hydrogens is 258 g/mol. The second kappa shape index (κ2) is 3.69. The number of hydrogen-bond acceptors (Lipinski definition) is 5. The molecule has 0 spiro atoms. The Morgan fingerprint density at radius 3 is 2.72 bits per heavy atom. The Kier molecular flexibility index (Phi) is 2.63. The monoisotopic (exact) mass is 273 g/mol. The average molecular weight is 273 g/mol. The van der Waals surface area contributed by atoms with Crippen molar-refractivity contribution in [2.75, 3.05) is 6.61 Å². The molecule has 100 valence electrons. The third-order valence-electron chi connectivity index (χ3n) is 2.58. The molecule has 0 fully saturated rings. The van der Waals surface area contributed by atoms with Crippen molar-refractivity contribution in [3.8, 4) is 5.88 Å². The summed E-state index contributed by atoms with van der Waals surface area (Å²) in [6, 6.07) is 0. The van der Waals surface area contributed by atoms with Gasteiger partial charge in [0.2, 0.25) is 5.88 Å². The van der Waals surface area contributed by atoms with Crippen LogP contribution in [0.4, 0.5) is 0 Å². The largest absolute Gasteiger partial charge is 0.476 e. The van der Waals surface area contributed by atoms with Crippen LogP contribution in [0.2, 0.25) is 0 Å². The van der Waals surface area contributed by atoms with Gasteiger partial charge in [0, 0.05) is 5.41 Å². The molecule has 0 radical (unpaired) electrons. The van der Waals surface area contributed by atoms with Crippen LogP contribution in [0.5, 0.6) is 5.88 Å². The van der Waals surface area contributed by atoms with E-state index in [1.807, 2.05) is 13.8 Å². The highest BCUT2D eigenvalue weighted by molar-refractivity contribution is 7.90. The number of amides is 1. The number of nitrogens with one attached hydrogen (secondary N) is 1. The number of primary amides is 1. The smallest absolute Gasteiger partial charge is 0.270 e. The number of carbonyl (C=O) groups is 1. The maximum Gasteiger partial charge on any atom is 0.270 e. The molecule has 0 saturated heterocycles. The first kappa shape index (κ1) is 12.8. The van der Waals surface area contributed by atoms with Crippen LogP contribution in [0.25, 0.3) is 0 Å². The minimum absolute atomic E-state index is 0.102. The molecule has 1 aromatic rings. The van der Waals surface area contributed by atoms with Gasteiger partial charge in [0.05, 0.1) is 13.2 Å². The van der Waals surface area contributed by atoms with E-state index in [1.165, 1.54) is 4.68 Å². The van der Waals surface area contributed by atoms with E-state index in [0.717, 1.165) is 0 Å². The van der Waals surface area contributed by atoms with Gasteiger partial charge >= 0.3 is 0 Å². The summed E-state index contributed by atoms with van der Waals surface area (Å²) in [5.74, 6) is -0.774. The summed E-state index contributed by atoms with van der Waals surface area (Å²) in [4.78, 5) is 11.1. The van der Waals surface area contributed by atoms with Gasteiger partial charge in [-0.3, -0.25) is 4.79 Å². The highest BCUT2D eigenvalue weighted by Gasteiger charge is 2.35. The predicted molar refractivity (Wildman–Crippen MR) is 63.3 cm³/mol. The van der Waals surface area contributed by atoms with Gasteiger partial charge in [0.1, 0.15) is 9.92 Å². The van der Waals surface area contributed by atoms with Gasteiger partial charge in [0.25, 0.3) is 5.91 Å². The van der Waals surface area contributed by atoms with Crippen LogP contribution >= 0.6 is 0 Å². The summed E-state index contributed by atoms with van der Waals surface area (Å²) in [5, 5.41) is 9.24. The first-order chi connectivity index (χ1) is 8.12. The zero-order valence-electron chi connectivity index (χ0n) is 10.1. The number of carbonyl (C=O) groups excluding carboxylic acids is 1. The molecule has 1 aliphatic rings. The fourth-order valence-corrected chi connectivity index (χ4v) is 2.68. The minimum atomic E-state index is -3.62. The van der Waals surface area contributed by atoms with Gasteiger partial charge in [0.15, 0.2) is 10.6 Å². The molecule has 5 N–H and O–H groups in total. The molecule has 0 bridgehead atoms. The van der Waals surface area contributed by atoms with Crippen molar-refractivity contribution in [3.63, 3.8) is 0 Å². The van der Waals surface area contributed by atoms with Crippen LogP contribution in [0.1, 0.15) is 24.3 Å². The second-order valence-corrected chi connectivity index (χ2v) is 6.67. The van der Waals surface area contributed by atoms with Crippen molar-refractivity contribution in [3.05, 3.63) is 5.69 Å². The van der Waals surface area contributed by atoms with Crippen LogP contribution in [-0.2, 0) is 16.5 Å². The van der Waals surface area contributed by atoms with Gasteiger partial charge in [-0.05, 0) is 0 Å². The summed E-state index contributed by atoms with van der Waals surface area (Å²) in [6.45, 7) is 4.75. The number of fused-ring (bicyclic) bond motifs is 1. The zero-order valence-corrected chi connectivity index (χ0v) is 10.9. The molecule has 1 amide bonds. The molecule has 0 aromatic carbocycles. The highest BCUT2D eigenvalue weighted by Crippen LogP contribution is 2.34. The Morgan fingerprint density at radius 2 is 2.22 bits per heavy atom.